The molecule has 0 aromatic heterocycles. The van der Waals surface area contributed by atoms with Crippen molar-refractivity contribution in [3.8, 4) is 0 Å². The van der Waals surface area contributed by atoms with E-state index in [-0.39, 0.29) is 0 Å². The maximum Gasteiger partial charge on any atom is 0.00785 e. The Hall–Kier alpha value is -1.82. The van der Waals surface area contributed by atoms with E-state index >= 15 is 0 Å². The first-order valence-electron chi connectivity index (χ1n) is 7.48. The minimum atomic E-state index is 0.291. The molecule has 0 amide bonds. The summed E-state index contributed by atoms with van der Waals surface area (Å²) in [5.74, 6) is 0.544. The second kappa shape index (κ2) is 5.28. The monoisotopic (exact) mass is 262 g/mol. The summed E-state index contributed by atoms with van der Waals surface area (Å²) in [4.78, 5) is 0. The summed E-state index contributed by atoms with van der Waals surface area (Å²) in [6.45, 7) is 4.79. The van der Waals surface area contributed by atoms with Crippen LogP contribution in [0.1, 0.15) is 42.9 Å². The van der Waals surface area contributed by atoms with E-state index in [1.54, 1.807) is 0 Å². The lowest BCUT2D eigenvalue weighted by atomic mass is 9.72. The largest absolute Gasteiger partial charge is 0.0758 e. The first-order chi connectivity index (χ1) is 9.67. The molecule has 0 saturated heterocycles. The normalized spacial score (nSPS) is 17.2. The molecule has 102 valence electrons. The summed E-state index contributed by atoms with van der Waals surface area (Å²) in [5.41, 5.74) is 4.62. The van der Waals surface area contributed by atoms with Gasteiger partial charge < -0.3 is 0 Å². The molecule has 1 aliphatic carbocycles. The molecule has 0 heterocycles. The van der Waals surface area contributed by atoms with E-state index in [2.05, 4.69) is 80.6 Å². The number of hydrogen-bond donors (Lipinski definition) is 0. The minimum Gasteiger partial charge on any atom is -0.0758 e. The Kier molecular flexibility index (Phi) is 3.48. The summed E-state index contributed by atoms with van der Waals surface area (Å²) in [6, 6.07) is 19.6. The van der Waals surface area contributed by atoms with Crippen molar-refractivity contribution >= 4 is 6.08 Å². The van der Waals surface area contributed by atoms with Gasteiger partial charge in [-0.05, 0) is 34.9 Å². The van der Waals surface area contributed by atoms with Crippen molar-refractivity contribution < 1.29 is 0 Å². The van der Waals surface area contributed by atoms with Crippen LogP contribution in [0.3, 0.4) is 0 Å². The number of benzene rings is 2. The zero-order chi connectivity index (χ0) is 14.0. The molecule has 2 aromatic rings. The second-order valence-electron chi connectivity index (χ2n) is 6.44. The van der Waals surface area contributed by atoms with Crippen molar-refractivity contribution in [1.82, 2.24) is 0 Å². The Balaban J connectivity index is 1.75. The van der Waals surface area contributed by atoms with E-state index in [9.17, 15) is 0 Å². The SMILES string of the molecule is CC(C)(CCc1ccccc1)C1C=Cc2ccccc21. The Bertz CT molecular complexity index is 605. The highest BCUT2D eigenvalue weighted by molar-refractivity contribution is 5.62. The molecule has 0 nitrogen and oxygen atoms in total. The molecular formula is C20H22. The van der Waals surface area contributed by atoms with Gasteiger partial charge in [0.05, 0.1) is 0 Å². The van der Waals surface area contributed by atoms with Gasteiger partial charge in [-0.15, -0.1) is 0 Å². The molecular weight excluding hydrogens is 240 g/mol. The van der Waals surface area contributed by atoms with Crippen LogP contribution in [0.5, 0.6) is 0 Å². The minimum absolute atomic E-state index is 0.291. The van der Waals surface area contributed by atoms with Crippen LogP contribution in [0.4, 0.5) is 0 Å². The van der Waals surface area contributed by atoms with Crippen LogP contribution < -0.4 is 0 Å². The van der Waals surface area contributed by atoms with Crippen molar-refractivity contribution in [2.24, 2.45) is 5.41 Å². The lowest BCUT2D eigenvalue weighted by molar-refractivity contribution is 0.300. The molecule has 0 saturated carbocycles. The van der Waals surface area contributed by atoms with Gasteiger partial charge in [-0.3, -0.25) is 0 Å². The van der Waals surface area contributed by atoms with E-state index in [0.29, 0.717) is 11.3 Å². The van der Waals surface area contributed by atoms with E-state index in [4.69, 9.17) is 0 Å². The summed E-state index contributed by atoms with van der Waals surface area (Å²) in [6.07, 6.45) is 7.03. The topological polar surface area (TPSA) is 0 Å². The molecule has 20 heavy (non-hydrogen) atoms. The fourth-order valence-corrected chi connectivity index (χ4v) is 3.20. The summed E-state index contributed by atoms with van der Waals surface area (Å²) >= 11 is 0. The van der Waals surface area contributed by atoms with Crippen LogP contribution >= 0.6 is 0 Å². The van der Waals surface area contributed by atoms with E-state index in [0.717, 1.165) is 6.42 Å². The van der Waals surface area contributed by atoms with Crippen LogP contribution in [0.25, 0.3) is 6.08 Å². The van der Waals surface area contributed by atoms with Gasteiger partial charge in [0.2, 0.25) is 0 Å². The smallest absolute Gasteiger partial charge is 0.00785 e. The predicted octanol–water partition coefficient (Wildman–Crippen LogP) is 5.46. The number of rotatable bonds is 4. The fourth-order valence-electron chi connectivity index (χ4n) is 3.20. The maximum absolute atomic E-state index is 2.40. The van der Waals surface area contributed by atoms with Gasteiger partial charge >= 0.3 is 0 Å². The third-order valence-corrected chi connectivity index (χ3v) is 4.54. The molecule has 1 atom stereocenters. The number of fused-ring (bicyclic) bond motifs is 1. The molecule has 0 bridgehead atoms. The van der Waals surface area contributed by atoms with E-state index < -0.39 is 0 Å². The summed E-state index contributed by atoms with van der Waals surface area (Å²) in [7, 11) is 0. The molecule has 0 fully saturated rings. The second-order valence-corrected chi connectivity index (χ2v) is 6.44. The molecule has 0 spiro atoms. The highest BCUT2D eigenvalue weighted by Gasteiger charge is 2.31. The number of allylic oxidation sites excluding steroid dienone is 1. The zero-order valence-corrected chi connectivity index (χ0v) is 12.3. The fraction of sp³-hybridized carbons (Fsp3) is 0.300. The Morgan fingerprint density at radius 3 is 2.40 bits per heavy atom. The molecule has 2 aromatic carbocycles. The Morgan fingerprint density at radius 2 is 1.60 bits per heavy atom. The zero-order valence-electron chi connectivity index (χ0n) is 12.3. The molecule has 1 aliphatic rings. The predicted molar refractivity (Wildman–Crippen MR) is 86.8 cm³/mol. The molecule has 3 rings (SSSR count). The highest BCUT2D eigenvalue weighted by Crippen LogP contribution is 2.45. The molecule has 1 unspecified atom stereocenters. The van der Waals surface area contributed by atoms with Crippen molar-refractivity contribution in [1.29, 1.82) is 0 Å². The van der Waals surface area contributed by atoms with Gasteiger partial charge in [-0.2, -0.15) is 0 Å². The maximum atomic E-state index is 2.40. The summed E-state index contributed by atoms with van der Waals surface area (Å²) < 4.78 is 0. The van der Waals surface area contributed by atoms with Crippen LogP contribution in [0.2, 0.25) is 0 Å². The van der Waals surface area contributed by atoms with Crippen molar-refractivity contribution in [3.05, 3.63) is 77.4 Å². The van der Waals surface area contributed by atoms with Crippen LogP contribution in [0, 0.1) is 5.41 Å². The highest BCUT2D eigenvalue weighted by atomic mass is 14.4. The first-order valence-corrected chi connectivity index (χ1v) is 7.48. The molecule has 0 aliphatic heterocycles. The Labute approximate surface area is 122 Å². The van der Waals surface area contributed by atoms with Gasteiger partial charge in [-0.1, -0.05) is 80.6 Å². The third kappa shape index (κ3) is 2.56. The molecule has 0 N–H and O–H groups in total. The van der Waals surface area contributed by atoms with Crippen LogP contribution in [-0.2, 0) is 6.42 Å². The molecule has 0 radical (unpaired) electrons. The first kappa shape index (κ1) is 13.2. The van der Waals surface area contributed by atoms with Gasteiger partial charge in [0.15, 0.2) is 0 Å². The lowest BCUT2D eigenvalue weighted by Gasteiger charge is -2.32. The number of hydrogen-bond acceptors (Lipinski definition) is 0. The van der Waals surface area contributed by atoms with Crippen molar-refractivity contribution in [2.45, 2.75) is 32.6 Å². The van der Waals surface area contributed by atoms with Gasteiger partial charge in [0.1, 0.15) is 0 Å². The Morgan fingerprint density at radius 1 is 0.900 bits per heavy atom. The lowest BCUT2D eigenvalue weighted by Crippen LogP contribution is -2.20. The average molecular weight is 262 g/mol. The average Bonchev–Trinajstić information content (AvgIpc) is 2.91. The van der Waals surface area contributed by atoms with Gasteiger partial charge in [0.25, 0.3) is 0 Å². The summed E-state index contributed by atoms with van der Waals surface area (Å²) in [5, 5.41) is 0. The third-order valence-electron chi connectivity index (χ3n) is 4.54. The van der Waals surface area contributed by atoms with Gasteiger partial charge in [-0.25, -0.2) is 0 Å². The number of aryl methyl sites for hydroxylation is 1. The van der Waals surface area contributed by atoms with Gasteiger partial charge in [0, 0.05) is 5.92 Å². The molecule has 0 heteroatoms. The van der Waals surface area contributed by atoms with Crippen LogP contribution in [-0.4, -0.2) is 0 Å². The standard InChI is InChI=1S/C20H22/c1-20(2,15-14-16-8-4-3-5-9-16)19-13-12-17-10-6-7-11-18(17)19/h3-13,19H,14-15H2,1-2H3. The van der Waals surface area contributed by atoms with Crippen molar-refractivity contribution in [3.63, 3.8) is 0 Å². The quantitative estimate of drug-likeness (QED) is 0.686. The van der Waals surface area contributed by atoms with Crippen molar-refractivity contribution in [2.75, 3.05) is 0 Å². The van der Waals surface area contributed by atoms with E-state index in [1.165, 1.54) is 23.1 Å². The van der Waals surface area contributed by atoms with Crippen LogP contribution in [0.15, 0.2) is 60.7 Å². The van der Waals surface area contributed by atoms with E-state index in [1.807, 2.05) is 0 Å².